The molecule has 3 N–H and O–H groups in total. The number of rotatable bonds is 7. The number of amides is 2. The van der Waals surface area contributed by atoms with E-state index in [0.29, 0.717) is 12.1 Å². The predicted octanol–water partition coefficient (Wildman–Crippen LogP) is 1.57. The fourth-order valence-electron chi connectivity index (χ4n) is 6.49. The van der Waals surface area contributed by atoms with Crippen LogP contribution >= 0.6 is 0 Å². The van der Waals surface area contributed by atoms with Gasteiger partial charge in [-0.2, -0.15) is 0 Å². The van der Waals surface area contributed by atoms with Crippen LogP contribution in [0.1, 0.15) is 54.4 Å². The van der Waals surface area contributed by atoms with Crippen LogP contribution in [0.3, 0.4) is 0 Å². The van der Waals surface area contributed by atoms with Gasteiger partial charge in [-0.1, -0.05) is 17.7 Å². The van der Waals surface area contributed by atoms with E-state index in [1.54, 1.807) is 0 Å². The molecule has 0 spiro atoms. The Morgan fingerprint density at radius 1 is 1.03 bits per heavy atom. The van der Waals surface area contributed by atoms with E-state index < -0.39 is 6.04 Å². The number of quaternary nitrogens is 1. The molecule has 0 radical (unpaired) electrons. The standard InChI is InChI=1S/C24H35N3O2/c1-16-4-6-20(7-5-16)22(28)26-21(23(29)25-8-9-27(2)3)24-13-17-10-18(14-24)12-19(11-17)15-24/h4-7,17-19,21H,8-15H2,1-3H3,(H,25,29)(H,26,28)/p+1/t17?,18?,19?,21-,24?/m1/s1. The molecule has 4 aliphatic rings. The molecule has 4 aliphatic carbocycles. The maximum Gasteiger partial charge on any atom is 0.251 e. The Morgan fingerprint density at radius 3 is 2.10 bits per heavy atom. The highest BCUT2D eigenvalue weighted by atomic mass is 16.2. The molecule has 0 aliphatic heterocycles. The van der Waals surface area contributed by atoms with Gasteiger partial charge in [0.15, 0.2) is 0 Å². The van der Waals surface area contributed by atoms with Crippen LogP contribution in [0.15, 0.2) is 24.3 Å². The molecule has 0 heterocycles. The zero-order chi connectivity index (χ0) is 20.6. The number of nitrogens with one attached hydrogen (secondary N) is 3. The maximum atomic E-state index is 13.3. The summed E-state index contributed by atoms with van der Waals surface area (Å²) in [7, 11) is 4.17. The van der Waals surface area contributed by atoms with Crippen LogP contribution in [0.5, 0.6) is 0 Å². The minimum atomic E-state index is -0.429. The Balaban J connectivity index is 1.55. The Kier molecular flexibility index (Phi) is 5.69. The first kappa shape index (κ1) is 20.4. The van der Waals surface area contributed by atoms with E-state index in [0.717, 1.165) is 49.1 Å². The maximum absolute atomic E-state index is 13.3. The van der Waals surface area contributed by atoms with Gasteiger partial charge in [-0.15, -0.1) is 0 Å². The molecule has 0 unspecified atom stereocenters. The van der Waals surface area contributed by atoms with Crippen molar-refractivity contribution in [2.45, 2.75) is 51.5 Å². The van der Waals surface area contributed by atoms with Crippen molar-refractivity contribution in [3.05, 3.63) is 35.4 Å². The van der Waals surface area contributed by atoms with Gasteiger partial charge in [-0.05, 0) is 75.3 Å². The van der Waals surface area contributed by atoms with Crippen molar-refractivity contribution in [3.8, 4) is 0 Å². The summed E-state index contributed by atoms with van der Waals surface area (Å²) >= 11 is 0. The van der Waals surface area contributed by atoms with E-state index in [2.05, 4.69) is 24.7 Å². The third-order valence-electron chi connectivity index (χ3n) is 7.47. The molecule has 4 bridgehead atoms. The Labute approximate surface area is 174 Å². The Hall–Kier alpha value is -1.88. The summed E-state index contributed by atoms with van der Waals surface area (Å²) in [5.74, 6) is 2.09. The number of hydrogen-bond acceptors (Lipinski definition) is 2. The number of carbonyl (C=O) groups is 2. The molecule has 2 amide bonds. The highest BCUT2D eigenvalue weighted by Gasteiger charge is 2.56. The van der Waals surface area contributed by atoms with Crippen LogP contribution in [0, 0.1) is 30.1 Å². The van der Waals surface area contributed by atoms with Gasteiger partial charge in [0, 0.05) is 11.0 Å². The summed E-state index contributed by atoms with van der Waals surface area (Å²) in [6, 6.07) is 7.19. The van der Waals surface area contributed by atoms with Gasteiger partial charge in [0.25, 0.3) is 5.91 Å². The van der Waals surface area contributed by atoms with Crippen LogP contribution in [0.2, 0.25) is 0 Å². The van der Waals surface area contributed by atoms with Crippen LogP contribution < -0.4 is 15.5 Å². The summed E-state index contributed by atoms with van der Waals surface area (Å²) in [6.07, 6.45) is 7.23. The number of aryl methyl sites for hydroxylation is 1. The summed E-state index contributed by atoms with van der Waals surface area (Å²) in [4.78, 5) is 27.7. The van der Waals surface area contributed by atoms with Gasteiger partial charge in [-0.25, -0.2) is 0 Å². The lowest BCUT2D eigenvalue weighted by atomic mass is 9.47. The first-order valence-corrected chi connectivity index (χ1v) is 11.3. The van der Waals surface area contributed by atoms with Crippen LogP contribution in [-0.2, 0) is 4.79 Å². The lowest BCUT2D eigenvalue weighted by Crippen LogP contribution is -3.06. The molecule has 29 heavy (non-hydrogen) atoms. The molecule has 0 saturated heterocycles. The van der Waals surface area contributed by atoms with Crippen LogP contribution in [-0.4, -0.2) is 45.0 Å². The molecule has 5 rings (SSSR count). The average molecular weight is 399 g/mol. The molecular weight excluding hydrogens is 362 g/mol. The zero-order valence-electron chi connectivity index (χ0n) is 18.1. The zero-order valence-corrected chi connectivity index (χ0v) is 18.1. The number of benzene rings is 1. The minimum absolute atomic E-state index is 0.00802. The van der Waals surface area contributed by atoms with Crippen molar-refractivity contribution < 1.29 is 14.5 Å². The molecule has 158 valence electrons. The number of likely N-dealkylation sites (N-methyl/N-ethyl adjacent to an activating group) is 1. The van der Waals surface area contributed by atoms with Gasteiger partial charge in [-0.3, -0.25) is 9.59 Å². The average Bonchev–Trinajstić information content (AvgIpc) is 2.65. The summed E-state index contributed by atoms with van der Waals surface area (Å²) in [5, 5.41) is 6.32. The van der Waals surface area contributed by atoms with Crippen molar-refractivity contribution >= 4 is 11.8 Å². The van der Waals surface area contributed by atoms with E-state index in [1.165, 1.54) is 24.2 Å². The van der Waals surface area contributed by atoms with E-state index in [-0.39, 0.29) is 17.2 Å². The van der Waals surface area contributed by atoms with Crippen molar-refractivity contribution in [1.82, 2.24) is 10.6 Å². The second kappa shape index (κ2) is 8.10. The normalized spacial score (nSPS) is 31.0. The molecule has 4 saturated carbocycles. The fourth-order valence-corrected chi connectivity index (χ4v) is 6.49. The second-order valence-electron chi connectivity index (χ2n) is 10.3. The molecule has 0 aromatic heterocycles. The first-order chi connectivity index (χ1) is 13.8. The molecule has 1 atom stereocenters. The third-order valence-corrected chi connectivity index (χ3v) is 7.47. The quantitative estimate of drug-likeness (QED) is 0.653. The van der Waals surface area contributed by atoms with Gasteiger partial charge < -0.3 is 15.5 Å². The monoisotopic (exact) mass is 398 g/mol. The first-order valence-electron chi connectivity index (χ1n) is 11.3. The molecular formula is C24H36N3O2+. The minimum Gasteiger partial charge on any atom is -0.349 e. The van der Waals surface area contributed by atoms with Crippen LogP contribution in [0.4, 0.5) is 0 Å². The van der Waals surface area contributed by atoms with E-state index >= 15 is 0 Å². The smallest absolute Gasteiger partial charge is 0.251 e. The lowest BCUT2D eigenvalue weighted by molar-refractivity contribution is -0.856. The van der Waals surface area contributed by atoms with Gasteiger partial charge >= 0.3 is 0 Å². The van der Waals surface area contributed by atoms with Crippen molar-refractivity contribution in [1.29, 1.82) is 0 Å². The van der Waals surface area contributed by atoms with Gasteiger partial charge in [0.05, 0.1) is 27.2 Å². The predicted molar refractivity (Wildman–Crippen MR) is 114 cm³/mol. The number of hydrogen-bond donors (Lipinski definition) is 3. The molecule has 1 aromatic carbocycles. The van der Waals surface area contributed by atoms with Gasteiger partial charge in [0.1, 0.15) is 6.04 Å². The highest BCUT2D eigenvalue weighted by Crippen LogP contribution is 2.61. The molecule has 1 aromatic rings. The molecule has 4 fully saturated rings. The van der Waals surface area contributed by atoms with E-state index in [9.17, 15) is 9.59 Å². The lowest BCUT2D eigenvalue weighted by Gasteiger charge is -2.58. The summed E-state index contributed by atoms with van der Waals surface area (Å²) < 4.78 is 0. The van der Waals surface area contributed by atoms with Crippen LogP contribution in [0.25, 0.3) is 0 Å². The van der Waals surface area contributed by atoms with Crippen molar-refractivity contribution in [2.24, 2.45) is 23.2 Å². The highest BCUT2D eigenvalue weighted by molar-refractivity contribution is 5.97. The van der Waals surface area contributed by atoms with E-state index in [1.807, 2.05) is 31.2 Å². The van der Waals surface area contributed by atoms with Crippen molar-refractivity contribution in [3.63, 3.8) is 0 Å². The third kappa shape index (κ3) is 4.35. The largest absolute Gasteiger partial charge is 0.349 e. The van der Waals surface area contributed by atoms with E-state index in [4.69, 9.17) is 0 Å². The van der Waals surface area contributed by atoms with Crippen molar-refractivity contribution in [2.75, 3.05) is 27.2 Å². The SMILES string of the molecule is Cc1ccc(C(=O)N[C@H](C(=O)NCC[NH+](C)C)C23CC4CC(CC(C4)C2)C3)cc1. The topological polar surface area (TPSA) is 62.6 Å². The molecule has 5 nitrogen and oxygen atoms in total. The Bertz CT molecular complexity index is 721. The Morgan fingerprint density at radius 2 is 1.59 bits per heavy atom. The summed E-state index contributed by atoms with van der Waals surface area (Å²) in [6.45, 7) is 3.54. The second-order valence-corrected chi connectivity index (χ2v) is 10.3. The fraction of sp³-hybridized carbons (Fsp3) is 0.667. The molecule has 5 heteroatoms. The summed E-state index contributed by atoms with van der Waals surface area (Å²) in [5.41, 5.74) is 1.70. The number of carbonyl (C=O) groups excluding carboxylic acids is 2. The van der Waals surface area contributed by atoms with Gasteiger partial charge in [0.2, 0.25) is 5.91 Å².